The Labute approximate surface area is 198 Å². The average Bonchev–Trinajstić information content (AvgIpc) is 3.43. The van der Waals surface area contributed by atoms with E-state index in [9.17, 15) is 13.2 Å². The molecule has 176 valence electrons. The fourth-order valence-corrected chi connectivity index (χ4v) is 6.84. The summed E-state index contributed by atoms with van der Waals surface area (Å²) in [4.78, 5) is 12.9. The van der Waals surface area contributed by atoms with Crippen molar-refractivity contribution in [3.8, 4) is 5.69 Å². The van der Waals surface area contributed by atoms with Gasteiger partial charge in [-0.15, -0.1) is 10.2 Å². The Hall–Kier alpha value is -2.39. The minimum atomic E-state index is -2.93. The fourth-order valence-electron chi connectivity index (χ4n) is 4.31. The average molecular weight is 488 g/mol. The van der Waals surface area contributed by atoms with Crippen molar-refractivity contribution in [2.24, 2.45) is 5.92 Å². The van der Waals surface area contributed by atoms with Gasteiger partial charge in [-0.3, -0.25) is 4.79 Å². The summed E-state index contributed by atoms with van der Waals surface area (Å²) in [5.41, 5.74) is 4.91. The highest BCUT2D eigenvalue weighted by molar-refractivity contribution is 7.99. The predicted octanol–water partition coefficient (Wildman–Crippen LogP) is 4.55. The lowest BCUT2D eigenvalue weighted by molar-refractivity contribution is 0.102. The number of hydrogen-bond donors (Lipinski definition) is 0. The van der Waals surface area contributed by atoms with Gasteiger partial charge in [0.05, 0.1) is 17.3 Å². The van der Waals surface area contributed by atoms with Crippen molar-refractivity contribution in [1.29, 1.82) is 0 Å². The van der Waals surface area contributed by atoms with Gasteiger partial charge in [-0.05, 0) is 55.9 Å². The molecule has 9 heteroatoms. The Morgan fingerprint density at radius 1 is 1.21 bits per heavy atom. The summed E-state index contributed by atoms with van der Waals surface area (Å²) in [6.07, 6.45) is 1.08. The van der Waals surface area contributed by atoms with Crippen LogP contribution in [0.1, 0.15) is 59.4 Å². The molecule has 3 heterocycles. The summed E-state index contributed by atoms with van der Waals surface area (Å²) in [7, 11) is -2.93. The lowest BCUT2D eigenvalue weighted by Crippen LogP contribution is -2.07. The zero-order valence-electron chi connectivity index (χ0n) is 19.4. The van der Waals surface area contributed by atoms with E-state index < -0.39 is 9.84 Å². The Balaban J connectivity index is 1.40. The van der Waals surface area contributed by atoms with Crippen molar-refractivity contribution >= 4 is 27.4 Å². The Morgan fingerprint density at radius 3 is 2.58 bits per heavy atom. The standard InChI is InChI=1S/C24H29N3O4S2/c1-15(2)19-5-7-20(8-6-19)27-16(3)11-21(17(27)4)22(28)13-32-24-26-25-23(31-24)12-18-9-10-33(29,30)14-18/h5-8,11,15,18H,9-10,12-14H2,1-4H3. The molecule has 1 unspecified atom stereocenters. The van der Waals surface area contributed by atoms with Crippen LogP contribution in [-0.4, -0.2) is 46.2 Å². The van der Waals surface area contributed by atoms with Gasteiger partial charge in [0.1, 0.15) is 0 Å². The van der Waals surface area contributed by atoms with Gasteiger partial charge in [-0.1, -0.05) is 37.7 Å². The molecule has 1 aliphatic rings. The molecule has 4 rings (SSSR count). The summed E-state index contributed by atoms with van der Waals surface area (Å²) in [5, 5.41) is 8.37. The minimum Gasteiger partial charge on any atom is -0.416 e. The number of carbonyl (C=O) groups excluding carboxylic acids is 1. The molecule has 0 amide bonds. The lowest BCUT2D eigenvalue weighted by Gasteiger charge is -2.12. The smallest absolute Gasteiger partial charge is 0.277 e. The quantitative estimate of drug-likeness (QED) is 0.340. The number of hydrogen-bond acceptors (Lipinski definition) is 7. The number of Topliss-reactive ketones (excluding diaryl/α,β-unsaturated/α-hetero) is 1. The van der Waals surface area contributed by atoms with E-state index in [0.29, 0.717) is 35.4 Å². The minimum absolute atomic E-state index is 0.000197. The summed E-state index contributed by atoms with van der Waals surface area (Å²) in [5.74, 6) is 1.51. The second-order valence-electron chi connectivity index (χ2n) is 9.01. The molecule has 0 bridgehead atoms. The molecular weight excluding hydrogens is 458 g/mol. The van der Waals surface area contributed by atoms with Crippen LogP contribution in [0.15, 0.2) is 40.0 Å². The summed E-state index contributed by atoms with van der Waals surface area (Å²) in [6.45, 7) is 8.30. The number of nitrogens with zero attached hydrogens (tertiary/aromatic N) is 3. The van der Waals surface area contributed by atoms with Crippen molar-refractivity contribution in [2.75, 3.05) is 17.3 Å². The number of sulfone groups is 1. The normalized spacial score (nSPS) is 17.7. The largest absolute Gasteiger partial charge is 0.416 e. The van der Waals surface area contributed by atoms with Crippen molar-refractivity contribution in [3.63, 3.8) is 0 Å². The van der Waals surface area contributed by atoms with Gasteiger partial charge >= 0.3 is 0 Å². The van der Waals surface area contributed by atoms with E-state index in [4.69, 9.17) is 4.42 Å². The van der Waals surface area contributed by atoms with Gasteiger partial charge in [-0.25, -0.2) is 8.42 Å². The SMILES string of the molecule is Cc1cc(C(=O)CSc2nnc(CC3CCS(=O)(=O)C3)o2)c(C)n1-c1ccc(C(C)C)cc1. The molecule has 0 N–H and O–H groups in total. The van der Waals surface area contributed by atoms with Crippen LogP contribution in [0.2, 0.25) is 0 Å². The first kappa shape index (κ1) is 23.8. The second-order valence-corrected chi connectivity index (χ2v) is 12.2. The second kappa shape index (κ2) is 9.46. The highest BCUT2D eigenvalue weighted by Gasteiger charge is 2.29. The Kier molecular flexibility index (Phi) is 6.81. The van der Waals surface area contributed by atoms with E-state index in [2.05, 4.69) is 52.9 Å². The van der Waals surface area contributed by atoms with Crippen molar-refractivity contribution in [1.82, 2.24) is 14.8 Å². The number of ketones is 1. The Bertz CT molecular complexity index is 1260. The van der Waals surface area contributed by atoms with Gasteiger partial charge in [0.2, 0.25) is 5.89 Å². The number of carbonyl (C=O) groups is 1. The molecule has 0 saturated carbocycles. The van der Waals surface area contributed by atoms with Crippen molar-refractivity contribution in [3.05, 3.63) is 58.7 Å². The van der Waals surface area contributed by atoms with Crippen molar-refractivity contribution < 1.29 is 17.6 Å². The van der Waals surface area contributed by atoms with E-state index in [-0.39, 0.29) is 29.0 Å². The zero-order valence-corrected chi connectivity index (χ0v) is 21.0. The molecule has 2 aromatic heterocycles. The highest BCUT2D eigenvalue weighted by Crippen LogP contribution is 2.27. The number of aryl methyl sites for hydroxylation is 1. The van der Waals surface area contributed by atoms with E-state index in [1.165, 1.54) is 17.3 Å². The Morgan fingerprint density at radius 2 is 1.94 bits per heavy atom. The van der Waals surface area contributed by atoms with Crippen LogP contribution in [-0.2, 0) is 16.3 Å². The molecule has 33 heavy (non-hydrogen) atoms. The highest BCUT2D eigenvalue weighted by atomic mass is 32.2. The first-order chi connectivity index (χ1) is 15.6. The first-order valence-corrected chi connectivity index (χ1v) is 13.9. The number of rotatable bonds is 8. The molecule has 0 spiro atoms. The molecule has 1 atom stereocenters. The topological polar surface area (TPSA) is 95.1 Å². The lowest BCUT2D eigenvalue weighted by atomic mass is 10.0. The molecule has 1 saturated heterocycles. The van der Waals surface area contributed by atoms with Crippen LogP contribution in [0.25, 0.3) is 5.69 Å². The van der Waals surface area contributed by atoms with Gasteiger partial charge < -0.3 is 8.98 Å². The predicted molar refractivity (Wildman–Crippen MR) is 129 cm³/mol. The fraction of sp³-hybridized carbons (Fsp3) is 0.458. The molecule has 1 aromatic carbocycles. The molecular formula is C24H29N3O4S2. The monoisotopic (exact) mass is 487 g/mol. The third-order valence-electron chi connectivity index (χ3n) is 6.11. The molecule has 7 nitrogen and oxygen atoms in total. The molecule has 3 aromatic rings. The summed E-state index contributed by atoms with van der Waals surface area (Å²) in [6, 6.07) is 10.4. The van der Waals surface area contributed by atoms with Crippen LogP contribution in [0.4, 0.5) is 0 Å². The maximum atomic E-state index is 12.9. The van der Waals surface area contributed by atoms with Crippen LogP contribution in [0.5, 0.6) is 0 Å². The molecule has 1 aliphatic heterocycles. The summed E-state index contributed by atoms with van der Waals surface area (Å²) < 4.78 is 31.0. The molecule has 0 radical (unpaired) electrons. The van der Waals surface area contributed by atoms with Gasteiger partial charge in [0.15, 0.2) is 15.6 Å². The van der Waals surface area contributed by atoms with Crippen LogP contribution in [0.3, 0.4) is 0 Å². The van der Waals surface area contributed by atoms with Crippen LogP contribution in [0, 0.1) is 19.8 Å². The third-order valence-corrected chi connectivity index (χ3v) is 8.77. The molecule has 0 aliphatic carbocycles. The maximum absolute atomic E-state index is 12.9. The number of aromatic nitrogens is 3. The van der Waals surface area contributed by atoms with E-state index >= 15 is 0 Å². The third kappa shape index (κ3) is 5.41. The van der Waals surface area contributed by atoms with Crippen LogP contribution < -0.4 is 0 Å². The summed E-state index contributed by atoms with van der Waals surface area (Å²) >= 11 is 1.21. The van der Waals surface area contributed by atoms with Gasteiger partial charge in [-0.2, -0.15) is 0 Å². The van der Waals surface area contributed by atoms with Crippen LogP contribution >= 0.6 is 11.8 Å². The zero-order chi connectivity index (χ0) is 23.8. The van der Waals surface area contributed by atoms with Gasteiger partial charge in [0, 0.05) is 29.1 Å². The molecule has 1 fully saturated rings. The number of thioether (sulfide) groups is 1. The van der Waals surface area contributed by atoms with E-state index in [0.717, 1.165) is 17.1 Å². The van der Waals surface area contributed by atoms with E-state index in [1.807, 2.05) is 19.9 Å². The van der Waals surface area contributed by atoms with Crippen molar-refractivity contribution in [2.45, 2.75) is 51.7 Å². The van der Waals surface area contributed by atoms with E-state index in [1.54, 1.807) is 0 Å². The first-order valence-electron chi connectivity index (χ1n) is 11.1. The van der Waals surface area contributed by atoms with Gasteiger partial charge in [0.25, 0.3) is 5.22 Å². The maximum Gasteiger partial charge on any atom is 0.277 e. The number of benzene rings is 1.